The maximum absolute atomic E-state index is 12.5. The lowest BCUT2D eigenvalue weighted by atomic mass is 10.1. The molecule has 0 aromatic carbocycles. The highest BCUT2D eigenvalue weighted by atomic mass is 16.5. The normalized spacial score (nSPS) is 11.5. The van der Waals surface area contributed by atoms with Crippen LogP contribution in [0.5, 0.6) is 0 Å². The summed E-state index contributed by atoms with van der Waals surface area (Å²) in [6, 6.07) is 0. The van der Waals surface area contributed by atoms with Gasteiger partial charge in [-0.3, -0.25) is 14.3 Å². The topological polar surface area (TPSA) is 64.4 Å². The van der Waals surface area contributed by atoms with E-state index in [2.05, 4.69) is 46.6 Å². The zero-order valence-electron chi connectivity index (χ0n) is 18.3. The summed E-state index contributed by atoms with van der Waals surface area (Å²) in [5, 5.41) is 4.53. The molecule has 0 atom stereocenters. The minimum atomic E-state index is -0.382. The van der Waals surface area contributed by atoms with Crippen LogP contribution in [-0.4, -0.2) is 46.3 Å². The maximum atomic E-state index is 12.5. The first kappa shape index (κ1) is 23.2. The van der Waals surface area contributed by atoms with Gasteiger partial charge in [0.05, 0.1) is 12.1 Å². The lowest BCUT2D eigenvalue weighted by Gasteiger charge is -2.26. The first-order chi connectivity index (χ1) is 12.5. The maximum Gasteiger partial charge on any atom is 0.310 e. The Kier molecular flexibility index (Phi) is 9.00. The largest absolute Gasteiger partial charge is 0.455 e. The molecule has 6 heteroatoms. The molecular weight excluding hydrogens is 342 g/mol. The number of amides is 1. The van der Waals surface area contributed by atoms with Crippen LogP contribution < -0.4 is 0 Å². The number of ether oxygens (including phenoxy) is 1. The Bertz CT molecular complexity index is 623. The number of aromatic nitrogens is 2. The monoisotopic (exact) mass is 379 g/mol. The van der Waals surface area contributed by atoms with Gasteiger partial charge in [-0.1, -0.05) is 41.5 Å². The Morgan fingerprint density at radius 2 is 1.56 bits per heavy atom. The molecule has 1 aromatic heterocycles. The second kappa shape index (κ2) is 10.5. The van der Waals surface area contributed by atoms with Crippen LogP contribution in [0.1, 0.15) is 58.5 Å². The van der Waals surface area contributed by atoms with Gasteiger partial charge >= 0.3 is 5.97 Å². The molecule has 1 rings (SSSR count). The van der Waals surface area contributed by atoms with Crippen LogP contribution >= 0.6 is 0 Å². The number of nitrogens with zero attached hydrogens (tertiary/aromatic N) is 3. The van der Waals surface area contributed by atoms with Gasteiger partial charge < -0.3 is 9.64 Å². The van der Waals surface area contributed by atoms with Crippen molar-refractivity contribution in [1.82, 2.24) is 14.7 Å². The molecule has 6 nitrogen and oxygen atoms in total. The van der Waals surface area contributed by atoms with Crippen molar-refractivity contribution < 1.29 is 14.3 Å². The van der Waals surface area contributed by atoms with Crippen LogP contribution in [-0.2, 0) is 27.3 Å². The Morgan fingerprint density at radius 3 is 2.04 bits per heavy atom. The summed E-state index contributed by atoms with van der Waals surface area (Å²) in [4.78, 5) is 26.5. The van der Waals surface area contributed by atoms with Crippen LogP contribution in [0.4, 0.5) is 0 Å². The van der Waals surface area contributed by atoms with E-state index >= 15 is 0 Å². The molecule has 0 fully saturated rings. The summed E-state index contributed by atoms with van der Waals surface area (Å²) < 4.78 is 7.23. The zero-order chi connectivity index (χ0) is 20.7. The first-order valence-electron chi connectivity index (χ1n) is 9.97. The molecule has 0 aliphatic carbocycles. The van der Waals surface area contributed by atoms with E-state index < -0.39 is 0 Å². The Morgan fingerprint density at radius 1 is 1.00 bits per heavy atom. The molecule has 0 saturated heterocycles. The van der Waals surface area contributed by atoms with Gasteiger partial charge in [-0.15, -0.1) is 0 Å². The van der Waals surface area contributed by atoms with E-state index in [0.29, 0.717) is 30.8 Å². The van der Waals surface area contributed by atoms with Gasteiger partial charge in [0, 0.05) is 30.9 Å². The third-order valence-electron chi connectivity index (χ3n) is 4.27. The number of rotatable bonds is 10. The average molecular weight is 380 g/mol. The zero-order valence-corrected chi connectivity index (χ0v) is 18.3. The van der Waals surface area contributed by atoms with Crippen molar-refractivity contribution in [3.63, 3.8) is 0 Å². The highest BCUT2D eigenvalue weighted by Crippen LogP contribution is 2.16. The van der Waals surface area contributed by atoms with Gasteiger partial charge in [-0.25, -0.2) is 0 Å². The summed E-state index contributed by atoms with van der Waals surface area (Å²) in [5.41, 5.74) is 2.73. The van der Waals surface area contributed by atoms with Crippen molar-refractivity contribution in [1.29, 1.82) is 0 Å². The third kappa shape index (κ3) is 7.73. The second-order valence-electron chi connectivity index (χ2n) is 8.65. The third-order valence-corrected chi connectivity index (χ3v) is 4.27. The predicted molar refractivity (Wildman–Crippen MR) is 107 cm³/mol. The van der Waals surface area contributed by atoms with Crippen molar-refractivity contribution in [3.8, 4) is 0 Å². The van der Waals surface area contributed by atoms with Crippen molar-refractivity contribution in [3.05, 3.63) is 17.0 Å². The molecule has 0 radical (unpaired) electrons. The SMILES string of the molecule is Cc1nn(CC(C)C)c(C)c1CC(=O)OCC(=O)N(CC(C)C)CC(C)C. The minimum Gasteiger partial charge on any atom is -0.455 e. The van der Waals surface area contributed by atoms with Gasteiger partial charge in [0.2, 0.25) is 0 Å². The number of esters is 1. The second-order valence-corrected chi connectivity index (χ2v) is 8.65. The van der Waals surface area contributed by atoms with E-state index in [9.17, 15) is 9.59 Å². The number of carbonyl (C=O) groups excluding carboxylic acids is 2. The molecule has 0 aliphatic heterocycles. The fraction of sp³-hybridized carbons (Fsp3) is 0.762. The summed E-state index contributed by atoms with van der Waals surface area (Å²) in [7, 11) is 0. The predicted octanol–water partition coefficient (Wildman–Crippen LogP) is 3.38. The van der Waals surface area contributed by atoms with Crippen LogP contribution in [0.25, 0.3) is 0 Å². The Labute approximate surface area is 164 Å². The molecule has 0 aliphatic rings. The minimum absolute atomic E-state index is 0.130. The lowest BCUT2D eigenvalue weighted by Crippen LogP contribution is -2.39. The van der Waals surface area contributed by atoms with Crippen molar-refractivity contribution in [2.75, 3.05) is 19.7 Å². The molecule has 154 valence electrons. The van der Waals surface area contributed by atoms with Crippen molar-refractivity contribution in [2.45, 2.75) is 68.4 Å². The summed E-state index contributed by atoms with van der Waals surface area (Å²) in [6.45, 7) is 18.4. The molecule has 1 heterocycles. The average Bonchev–Trinajstić information content (AvgIpc) is 2.78. The van der Waals surface area contributed by atoms with E-state index in [0.717, 1.165) is 23.5 Å². The molecule has 0 N–H and O–H groups in total. The molecule has 0 bridgehead atoms. The number of hydrogen-bond donors (Lipinski definition) is 0. The van der Waals surface area contributed by atoms with Crippen molar-refractivity contribution in [2.24, 2.45) is 17.8 Å². The summed E-state index contributed by atoms with van der Waals surface area (Å²) >= 11 is 0. The van der Waals surface area contributed by atoms with Crippen LogP contribution in [0, 0.1) is 31.6 Å². The standard InChI is InChI=1S/C21H37N3O3/c1-14(2)10-23(11-15(3)4)20(25)13-27-21(26)9-19-17(7)22-24(18(19)8)12-16(5)6/h14-16H,9-13H2,1-8H3. The van der Waals surface area contributed by atoms with E-state index in [1.54, 1.807) is 4.90 Å². The van der Waals surface area contributed by atoms with E-state index in [-0.39, 0.29) is 24.9 Å². The summed E-state index contributed by atoms with van der Waals surface area (Å²) in [6.07, 6.45) is 0.150. The smallest absolute Gasteiger partial charge is 0.310 e. The van der Waals surface area contributed by atoms with Crippen molar-refractivity contribution >= 4 is 11.9 Å². The first-order valence-corrected chi connectivity index (χ1v) is 9.97. The van der Waals surface area contributed by atoms with E-state index in [1.807, 2.05) is 18.5 Å². The molecule has 0 spiro atoms. The Balaban J connectivity index is 2.66. The van der Waals surface area contributed by atoms with Gasteiger partial charge in [0.1, 0.15) is 0 Å². The van der Waals surface area contributed by atoms with Gasteiger partial charge in [-0.2, -0.15) is 5.10 Å². The fourth-order valence-electron chi connectivity index (χ4n) is 3.10. The Hall–Kier alpha value is -1.85. The highest BCUT2D eigenvalue weighted by molar-refractivity contribution is 5.81. The van der Waals surface area contributed by atoms with E-state index in [1.165, 1.54) is 0 Å². The molecule has 27 heavy (non-hydrogen) atoms. The molecule has 1 amide bonds. The molecule has 0 saturated carbocycles. The summed E-state index contributed by atoms with van der Waals surface area (Å²) in [5.74, 6) is 0.719. The number of hydrogen-bond acceptors (Lipinski definition) is 4. The quantitative estimate of drug-likeness (QED) is 0.585. The molecule has 0 unspecified atom stereocenters. The van der Waals surface area contributed by atoms with Crippen LogP contribution in [0.15, 0.2) is 0 Å². The fourth-order valence-corrected chi connectivity index (χ4v) is 3.10. The van der Waals surface area contributed by atoms with Gasteiger partial charge in [0.25, 0.3) is 5.91 Å². The van der Waals surface area contributed by atoms with Gasteiger partial charge in [-0.05, 0) is 31.6 Å². The van der Waals surface area contributed by atoms with E-state index in [4.69, 9.17) is 4.74 Å². The lowest BCUT2D eigenvalue weighted by molar-refractivity contribution is -0.151. The van der Waals surface area contributed by atoms with Crippen LogP contribution in [0.3, 0.4) is 0 Å². The van der Waals surface area contributed by atoms with Crippen LogP contribution in [0.2, 0.25) is 0 Å². The number of aryl methyl sites for hydroxylation is 1. The highest BCUT2D eigenvalue weighted by Gasteiger charge is 2.20. The number of carbonyl (C=O) groups is 2. The van der Waals surface area contributed by atoms with Gasteiger partial charge in [0.15, 0.2) is 6.61 Å². The molecule has 1 aromatic rings. The molecular formula is C21H37N3O3.